The van der Waals surface area contributed by atoms with Gasteiger partial charge in [-0.3, -0.25) is 4.79 Å². The van der Waals surface area contributed by atoms with Crippen molar-refractivity contribution in [1.82, 2.24) is 4.90 Å². The van der Waals surface area contributed by atoms with Crippen LogP contribution in [-0.2, 0) is 11.2 Å². The van der Waals surface area contributed by atoms with Gasteiger partial charge in [-0.25, -0.2) is 8.78 Å². The van der Waals surface area contributed by atoms with Crippen LogP contribution in [-0.4, -0.2) is 29.9 Å². The van der Waals surface area contributed by atoms with Crippen LogP contribution < -0.4 is 5.73 Å². The molecule has 114 valence electrons. The Hall–Kier alpha value is -1.49. The van der Waals surface area contributed by atoms with Crippen molar-refractivity contribution >= 4 is 5.91 Å². The zero-order valence-electron chi connectivity index (χ0n) is 11.9. The number of nitrogens with two attached hydrogens (primary N) is 1. The van der Waals surface area contributed by atoms with Crippen LogP contribution in [0.5, 0.6) is 0 Å². The molecule has 3 unspecified atom stereocenters. The standard InChI is InChI=1S/C16H20F2N2O/c17-12-3-4-14(18)10(7-12)2-6-16(21)20-8-11-1-5-15(19)13(11)9-20/h3-4,7,11,13,15H,1-2,5-6,8-9,19H2. The summed E-state index contributed by atoms with van der Waals surface area (Å²) in [7, 11) is 0. The van der Waals surface area contributed by atoms with Crippen LogP contribution in [0.2, 0.25) is 0 Å². The number of nitrogens with zero attached hydrogens (tertiary/aromatic N) is 1. The van der Waals surface area contributed by atoms with Gasteiger partial charge in [-0.1, -0.05) is 0 Å². The van der Waals surface area contributed by atoms with Gasteiger partial charge in [-0.05, 0) is 54.9 Å². The summed E-state index contributed by atoms with van der Waals surface area (Å²) in [5.41, 5.74) is 6.32. The van der Waals surface area contributed by atoms with Crippen molar-refractivity contribution in [2.45, 2.75) is 31.7 Å². The monoisotopic (exact) mass is 294 g/mol. The molecule has 1 saturated heterocycles. The van der Waals surface area contributed by atoms with Gasteiger partial charge in [0.15, 0.2) is 0 Å². The number of carbonyl (C=O) groups is 1. The third-order valence-corrected chi connectivity index (χ3v) is 4.88. The number of likely N-dealkylation sites (tertiary alicyclic amines) is 1. The molecule has 5 heteroatoms. The number of aryl methyl sites for hydroxylation is 1. The second kappa shape index (κ2) is 5.72. The number of halogens is 2. The van der Waals surface area contributed by atoms with Gasteiger partial charge < -0.3 is 10.6 Å². The topological polar surface area (TPSA) is 46.3 Å². The average molecular weight is 294 g/mol. The van der Waals surface area contributed by atoms with Gasteiger partial charge in [0.25, 0.3) is 0 Å². The highest BCUT2D eigenvalue weighted by Gasteiger charge is 2.42. The van der Waals surface area contributed by atoms with Crippen molar-refractivity contribution in [3.63, 3.8) is 0 Å². The van der Waals surface area contributed by atoms with Crippen LogP contribution in [0.25, 0.3) is 0 Å². The van der Waals surface area contributed by atoms with Crippen molar-refractivity contribution < 1.29 is 13.6 Å². The summed E-state index contributed by atoms with van der Waals surface area (Å²) in [6.07, 6.45) is 2.59. The summed E-state index contributed by atoms with van der Waals surface area (Å²) < 4.78 is 26.6. The van der Waals surface area contributed by atoms with Crippen molar-refractivity contribution in [2.24, 2.45) is 17.6 Å². The van der Waals surface area contributed by atoms with E-state index in [4.69, 9.17) is 5.73 Å². The van der Waals surface area contributed by atoms with Gasteiger partial charge in [-0.2, -0.15) is 0 Å². The molecule has 1 aromatic rings. The summed E-state index contributed by atoms with van der Waals surface area (Å²) in [6, 6.07) is 3.56. The lowest BCUT2D eigenvalue weighted by Crippen LogP contribution is -2.33. The zero-order valence-corrected chi connectivity index (χ0v) is 11.9. The van der Waals surface area contributed by atoms with Crippen molar-refractivity contribution in [3.05, 3.63) is 35.4 Å². The Morgan fingerprint density at radius 2 is 2.10 bits per heavy atom. The molecule has 1 heterocycles. The molecule has 0 aromatic heterocycles. The highest BCUT2D eigenvalue weighted by molar-refractivity contribution is 5.76. The molecule has 1 aromatic carbocycles. The van der Waals surface area contributed by atoms with Crippen molar-refractivity contribution in [1.29, 1.82) is 0 Å². The lowest BCUT2D eigenvalue weighted by Gasteiger charge is -2.18. The number of rotatable bonds is 3. The average Bonchev–Trinajstić information content (AvgIpc) is 3.02. The van der Waals surface area contributed by atoms with Crippen LogP contribution in [0.4, 0.5) is 8.78 Å². The number of hydrogen-bond donors (Lipinski definition) is 1. The fraction of sp³-hybridized carbons (Fsp3) is 0.562. The van der Waals surface area contributed by atoms with Crippen LogP contribution in [0, 0.1) is 23.5 Å². The van der Waals surface area contributed by atoms with E-state index in [1.807, 2.05) is 4.90 Å². The van der Waals surface area contributed by atoms with Gasteiger partial charge in [0.2, 0.25) is 5.91 Å². The fourth-order valence-corrected chi connectivity index (χ4v) is 3.65. The van der Waals surface area contributed by atoms with Gasteiger partial charge >= 0.3 is 0 Å². The molecule has 2 N–H and O–H groups in total. The minimum absolute atomic E-state index is 0.0141. The Kier molecular flexibility index (Phi) is 3.93. The number of carbonyl (C=O) groups excluding carboxylic acids is 1. The first-order valence-electron chi connectivity index (χ1n) is 7.52. The second-order valence-electron chi connectivity index (χ2n) is 6.20. The van der Waals surface area contributed by atoms with Gasteiger partial charge in [0.1, 0.15) is 11.6 Å². The molecular formula is C16H20F2N2O. The molecule has 3 atom stereocenters. The lowest BCUT2D eigenvalue weighted by atomic mass is 9.98. The molecule has 3 nitrogen and oxygen atoms in total. The molecule has 1 saturated carbocycles. The quantitative estimate of drug-likeness (QED) is 0.928. The van der Waals surface area contributed by atoms with E-state index in [9.17, 15) is 13.6 Å². The van der Waals surface area contributed by atoms with Crippen molar-refractivity contribution in [2.75, 3.05) is 13.1 Å². The number of fused-ring (bicyclic) bond motifs is 1. The highest BCUT2D eigenvalue weighted by atomic mass is 19.1. The fourth-order valence-electron chi connectivity index (χ4n) is 3.65. The van der Waals surface area contributed by atoms with Crippen LogP contribution in [0.3, 0.4) is 0 Å². The molecule has 3 rings (SSSR count). The molecule has 2 aliphatic rings. The largest absolute Gasteiger partial charge is 0.342 e. The molecule has 0 bridgehead atoms. The zero-order chi connectivity index (χ0) is 15.0. The maximum absolute atomic E-state index is 13.5. The minimum atomic E-state index is -0.472. The summed E-state index contributed by atoms with van der Waals surface area (Å²) in [6.45, 7) is 1.49. The first-order chi connectivity index (χ1) is 10.0. The first-order valence-corrected chi connectivity index (χ1v) is 7.52. The van der Waals surface area contributed by atoms with E-state index in [1.54, 1.807) is 0 Å². The van der Waals surface area contributed by atoms with E-state index in [0.29, 0.717) is 11.8 Å². The first kappa shape index (κ1) is 14.4. The van der Waals surface area contributed by atoms with Gasteiger partial charge in [-0.15, -0.1) is 0 Å². The van der Waals surface area contributed by atoms with E-state index in [2.05, 4.69) is 0 Å². The van der Waals surface area contributed by atoms with Crippen molar-refractivity contribution in [3.8, 4) is 0 Å². The third-order valence-electron chi connectivity index (χ3n) is 4.88. The molecule has 1 aliphatic carbocycles. The van der Waals surface area contributed by atoms with E-state index >= 15 is 0 Å². The van der Waals surface area contributed by atoms with Crippen LogP contribution in [0.1, 0.15) is 24.8 Å². The molecule has 1 amide bonds. The maximum Gasteiger partial charge on any atom is 0.222 e. The minimum Gasteiger partial charge on any atom is -0.342 e. The Balaban J connectivity index is 1.57. The Labute approximate surface area is 123 Å². The summed E-state index contributed by atoms with van der Waals surface area (Å²) in [5.74, 6) is 0.0278. The smallest absolute Gasteiger partial charge is 0.222 e. The number of hydrogen-bond acceptors (Lipinski definition) is 2. The van der Waals surface area contributed by atoms with E-state index in [-0.39, 0.29) is 30.4 Å². The van der Waals surface area contributed by atoms with Gasteiger partial charge in [0.05, 0.1) is 0 Å². The number of benzene rings is 1. The molecular weight excluding hydrogens is 274 g/mol. The molecule has 0 spiro atoms. The summed E-state index contributed by atoms with van der Waals surface area (Å²) in [4.78, 5) is 14.1. The predicted molar refractivity (Wildman–Crippen MR) is 75.4 cm³/mol. The van der Waals surface area contributed by atoms with Gasteiger partial charge in [0, 0.05) is 25.6 Å². The summed E-state index contributed by atoms with van der Waals surface area (Å²) >= 11 is 0. The SMILES string of the molecule is NC1CCC2CN(C(=O)CCc3cc(F)ccc3F)CC12. The lowest BCUT2D eigenvalue weighted by molar-refractivity contribution is -0.130. The molecule has 0 radical (unpaired) electrons. The van der Waals surface area contributed by atoms with E-state index in [1.165, 1.54) is 0 Å². The Bertz CT molecular complexity index is 549. The van der Waals surface area contributed by atoms with Crippen LogP contribution >= 0.6 is 0 Å². The van der Waals surface area contributed by atoms with E-state index < -0.39 is 11.6 Å². The molecule has 21 heavy (non-hydrogen) atoms. The van der Waals surface area contributed by atoms with Crippen LogP contribution in [0.15, 0.2) is 18.2 Å². The molecule has 2 fully saturated rings. The Morgan fingerprint density at radius 3 is 2.86 bits per heavy atom. The second-order valence-corrected chi connectivity index (χ2v) is 6.20. The third kappa shape index (κ3) is 2.93. The maximum atomic E-state index is 13.5. The predicted octanol–water partition coefficient (Wildman–Crippen LogP) is 2.09. The Morgan fingerprint density at radius 1 is 1.29 bits per heavy atom. The summed E-state index contributed by atoms with van der Waals surface area (Å²) in [5, 5.41) is 0. The highest BCUT2D eigenvalue weighted by Crippen LogP contribution is 2.37. The number of amides is 1. The normalized spacial score (nSPS) is 28.0. The van der Waals surface area contributed by atoms with E-state index in [0.717, 1.165) is 44.1 Å². The molecule has 1 aliphatic heterocycles.